The second-order valence-electron chi connectivity index (χ2n) is 4.38. The van der Waals surface area contributed by atoms with Gasteiger partial charge in [-0.05, 0) is 42.3 Å². The molecule has 2 rings (SSSR count). The van der Waals surface area contributed by atoms with Gasteiger partial charge in [0.15, 0.2) is 0 Å². The number of nitrogens with two attached hydrogens (primary N) is 1. The van der Waals surface area contributed by atoms with Gasteiger partial charge in [-0.25, -0.2) is 4.39 Å². The summed E-state index contributed by atoms with van der Waals surface area (Å²) < 4.78 is 13.5. The van der Waals surface area contributed by atoms with E-state index in [1.165, 1.54) is 12.1 Å². The molecule has 0 aromatic heterocycles. The molecule has 0 unspecified atom stereocenters. The Morgan fingerprint density at radius 2 is 2.05 bits per heavy atom. The second-order valence-corrected chi connectivity index (χ2v) is 4.81. The fraction of sp³-hybridized carbons (Fsp3) is 0.133. The molecule has 3 nitrogen and oxygen atoms in total. The number of benzene rings is 2. The van der Waals surface area contributed by atoms with Crippen molar-refractivity contribution in [2.45, 2.75) is 6.42 Å². The molecule has 0 saturated heterocycles. The summed E-state index contributed by atoms with van der Waals surface area (Å²) in [6, 6.07) is 11.4. The molecule has 0 aliphatic rings. The van der Waals surface area contributed by atoms with E-state index >= 15 is 0 Å². The molecule has 2 aromatic carbocycles. The zero-order chi connectivity index (χ0) is 14.5. The number of hydrogen-bond donors (Lipinski definition) is 2. The van der Waals surface area contributed by atoms with Gasteiger partial charge in [-0.1, -0.05) is 23.7 Å². The maximum absolute atomic E-state index is 13.5. The number of amides is 1. The highest BCUT2D eigenvalue weighted by Crippen LogP contribution is 2.12. The van der Waals surface area contributed by atoms with Crippen LogP contribution >= 0.6 is 11.6 Å². The van der Waals surface area contributed by atoms with Crippen molar-refractivity contribution in [1.29, 1.82) is 0 Å². The topological polar surface area (TPSA) is 55.1 Å². The molecular formula is C15H14ClFN2O. The van der Waals surface area contributed by atoms with Crippen LogP contribution in [0.3, 0.4) is 0 Å². The van der Waals surface area contributed by atoms with Crippen molar-refractivity contribution >= 4 is 23.2 Å². The minimum atomic E-state index is -0.620. The van der Waals surface area contributed by atoms with Crippen molar-refractivity contribution in [3.63, 3.8) is 0 Å². The van der Waals surface area contributed by atoms with Gasteiger partial charge in [-0.2, -0.15) is 0 Å². The van der Waals surface area contributed by atoms with Gasteiger partial charge in [0.25, 0.3) is 5.91 Å². The highest BCUT2D eigenvalue weighted by molar-refractivity contribution is 6.30. The summed E-state index contributed by atoms with van der Waals surface area (Å²) in [5.41, 5.74) is 6.72. The summed E-state index contributed by atoms with van der Waals surface area (Å²) in [6.45, 7) is 0.406. The normalized spacial score (nSPS) is 10.3. The Labute approximate surface area is 121 Å². The lowest BCUT2D eigenvalue weighted by molar-refractivity contribution is 0.0950. The largest absolute Gasteiger partial charge is 0.399 e. The van der Waals surface area contributed by atoms with Crippen molar-refractivity contribution in [3.8, 4) is 0 Å². The van der Waals surface area contributed by atoms with Crippen molar-refractivity contribution in [2.24, 2.45) is 0 Å². The number of carbonyl (C=O) groups is 1. The number of carbonyl (C=O) groups excluding carboxylic acids is 1. The van der Waals surface area contributed by atoms with E-state index in [0.29, 0.717) is 18.0 Å². The molecule has 5 heteroatoms. The minimum absolute atomic E-state index is 0.00899. The molecule has 104 valence electrons. The van der Waals surface area contributed by atoms with Gasteiger partial charge in [0.05, 0.1) is 5.56 Å². The van der Waals surface area contributed by atoms with Crippen LogP contribution in [0.25, 0.3) is 0 Å². The second kappa shape index (κ2) is 6.39. The van der Waals surface area contributed by atoms with Crippen LogP contribution in [0.4, 0.5) is 10.1 Å². The highest BCUT2D eigenvalue weighted by Gasteiger charge is 2.11. The molecule has 0 radical (unpaired) electrons. The molecule has 2 aromatic rings. The Morgan fingerprint density at radius 3 is 2.75 bits per heavy atom. The Hall–Kier alpha value is -2.07. The molecule has 20 heavy (non-hydrogen) atoms. The number of halogens is 2. The molecule has 0 spiro atoms. The van der Waals surface area contributed by atoms with Crippen LogP contribution in [-0.2, 0) is 6.42 Å². The van der Waals surface area contributed by atoms with Gasteiger partial charge in [0, 0.05) is 17.3 Å². The van der Waals surface area contributed by atoms with Crippen LogP contribution in [0.1, 0.15) is 15.9 Å². The van der Waals surface area contributed by atoms with E-state index in [2.05, 4.69) is 5.32 Å². The maximum Gasteiger partial charge on any atom is 0.254 e. The van der Waals surface area contributed by atoms with Gasteiger partial charge in [0.2, 0.25) is 0 Å². The lowest BCUT2D eigenvalue weighted by Gasteiger charge is -2.07. The fourth-order valence-electron chi connectivity index (χ4n) is 1.82. The minimum Gasteiger partial charge on any atom is -0.399 e. The molecule has 0 aliphatic heterocycles. The molecule has 0 fully saturated rings. The van der Waals surface area contributed by atoms with Crippen molar-refractivity contribution in [3.05, 3.63) is 64.4 Å². The molecular weight excluding hydrogens is 279 g/mol. The summed E-state index contributed by atoms with van der Waals surface area (Å²) >= 11 is 5.87. The Bertz CT molecular complexity index is 631. The lowest BCUT2D eigenvalue weighted by atomic mass is 10.1. The van der Waals surface area contributed by atoms with E-state index in [1.54, 1.807) is 6.07 Å². The average molecular weight is 293 g/mol. The maximum atomic E-state index is 13.5. The zero-order valence-corrected chi connectivity index (χ0v) is 11.5. The van der Waals surface area contributed by atoms with Crippen LogP contribution in [0.15, 0.2) is 42.5 Å². The average Bonchev–Trinajstić information content (AvgIpc) is 2.38. The Balaban J connectivity index is 1.92. The lowest BCUT2D eigenvalue weighted by Crippen LogP contribution is -2.26. The fourth-order valence-corrected chi connectivity index (χ4v) is 2.04. The number of anilines is 1. The first-order valence-electron chi connectivity index (χ1n) is 6.14. The van der Waals surface area contributed by atoms with E-state index in [0.717, 1.165) is 11.6 Å². The molecule has 3 N–H and O–H groups in total. The predicted molar refractivity (Wildman–Crippen MR) is 78.3 cm³/mol. The van der Waals surface area contributed by atoms with Gasteiger partial charge in [-0.3, -0.25) is 4.79 Å². The first kappa shape index (κ1) is 14.3. The first-order valence-corrected chi connectivity index (χ1v) is 6.52. The van der Waals surface area contributed by atoms with Crippen molar-refractivity contribution in [2.75, 3.05) is 12.3 Å². The molecule has 0 heterocycles. The van der Waals surface area contributed by atoms with Gasteiger partial charge >= 0.3 is 0 Å². The summed E-state index contributed by atoms with van der Waals surface area (Å²) in [5.74, 6) is -1.07. The van der Waals surface area contributed by atoms with Crippen molar-refractivity contribution < 1.29 is 9.18 Å². The monoisotopic (exact) mass is 292 g/mol. The number of nitrogen functional groups attached to an aromatic ring is 1. The Kier molecular flexibility index (Phi) is 4.58. The number of nitrogens with one attached hydrogen (secondary N) is 1. The molecule has 0 bridgehead atoms. The highest BCUT2D eigenvalue weighted by atomic mass is 35.5. The Morgan fingerprint density at radius 1 is 1.25 bits per heavy atom. The van der Waals surface area contributed by atoms with Crippen LogP contribution in [-0.4, -0.2) is 12.5 Å². The third-order valence-electron chi connectivity index (χ3n) is 2.83. The first-order chi connectivity index (χ1) is 9.56. The number of hydrogen-bond acceptors (Lipinski definition) is 2. The molecule has 0 atom stereocenters. The molecule has 0 aliphatic carbocycles. The third kappa shape index (κ3) is 3.71. The summed E-state index contributed by atoms with van der Waals surface area (Å²) in [6.07, 6.45) is 0.628. The smallest absolute Gasteiger partial charge is 0.254 e. The summed E-state index contributed by atoms with van der Waals surface area (Å²) in [7, 11) is 0. The SMILES string of the molecule is Nc1ccc(C(=O)NCCc2cccc(Cl)c2)c(F)c1. The summed E-state index contributed by atoms with van der Waals surface area (Å²) in [5, 5.41) is 3.32. The molecule has 0 saturated carbocycles. The third-order valence-corrected chi connectivity index (χ3v) is 3.06. The van der Waals surface area contributed by atoms with Gasteiger partial charge in [0.1, 0.15) is 5.82 Å². The van der Waals surface area contributed by atoms with Gasteiger partial charge in [-0.15, -0.1) is 0 Å². The standard InChI is InChI=1S/C15H14ClFN2O/c16-11-3-1-2-10(8-11)6-7-19-15(20)13-5-4-12(18)9-14(13)17/h1-5,8-9H,6-7,18H2,(H,19,20). The van der Waals surface area contributed by atoms with Crippen LogP contribution < -0.4 is 11.1 Å². The van der Waals surface area contributed by atoms with Crippen LogP contribution in [0, 0.1) is 5.82 Å². The summed E-state index contributed by atoms with van der Waals surface area (Å²) in [4.78, 5) is 11.8. The van der Waals surface area contributed by atoms with Crippen LogP contribution in [0.5, 0.6) is 0 Å². The predicted octanol–water partition coefficient (Wildman–Crippen LogP) is 3.03. The van der Waals surface area contributed by atoms with E-state index in [-0.39, 0.29) is 11.3 Å². The van der Waals surface area contributed by atoms with E-state index < -0.39 is 11.7 Å². The van der Waals surface area contributed by atoms with E-state index in [9.17, 15) is 9.18 Å². The van der Waals surface area contributed by atoms with Crippen molar-refractivity contribution in [1.82, 2.24) is 5.32 Å². The van der Waals surface area contributed by atoms with Gasteiger partial charge < -0.3 is 11.1 Å². The zero-order valence-electron chi connectivity index (χ0n) is 10.7. The van der Waals surface area contributed by atoms with E-state index in [1.807, 2.05) is 18.2 Å². The van der Waals surface area contributed by atoms with E-state index in [4.69, 9.17) is 17.3 Å². The number of rotatable bonds is 4. The molecule has 1 amide bonds. The quantitative estimate of drug-likeness (QED) is 0.851. The van der Waals surface area contributed by atoms with Crippen LogP contribution in [0.2, 0.25) is 5.02 Å².